The minimum Gasteiger partial charge on any atom is -0.376 e. The van der Waals surface area contributed by atoms with Crippen molar-refractivity contribution in [3.63, 3.8) is 0 Å². The third-order valence-electron chi connectivity index (χ3n) is 3.85. The summed E-state index contributed by atoms with van der Waals surface area (Å²) in [5.74, 6) is 0.593. The van der Waals surface area contributed by atoms with Crippen molar-refractivity contribution in [2.75, 3.05) is 13.2 Å². The standard InChI is InChI=1S/C14H26F3NO/c1-3-8-18-12-6-5-11(4-2)10-13(12)19-9-7-14(15,16)17/h11-13,18H,3-10H2,1-2H3. The van der Waals surface area contributed by atoms with Crippen LogP contribution in [0.15, 0.2) is 0 Å². The van der Waals surface area contributed by atoms with Crippen molar-refractivity contribution in [3.05, 3.63) is 0 Å². The van der Waals surface area contributed by atoms with Crippen LogP contribution in [0.1, 0.15) is 52.4 Å². The van der Waals surface area contributed by atoms with Gasteiger partial charge in [-0.05, 0) is 38.1 Å². The maximum atomic E-state index is 12.2. The normalized spacial score (nSPS) is 28.6. The minimum absolute atomic E-state index is 0.0624. The molecule has 114 valence electrons. The molecule has 0 bridgehead atoms. The van der Waals surface area contributed by atoms with Crippen LogP contribution >= 0.6 is 0 Å². The monoisotopic (exact) mass is 281 g/mol. The highest BCUT2D eigenvalue weighted by Gasteiger charge is 2.32. The second-order valence-corrected chi connectivity index (χ2v) is 5.42. The van der Waals surface area contributed by atoms with Gasteiger partial charge in [-0.1, -0.05) is 20.3 Å². The van der Waals surface area contributed by atoms with E-state index < -0.39 is 12.6 Å². The molecule has 1 aliphatic carbocycles. The predicted molar refractivity (Wildman–Crippen MR) is 70.1 cm³/mol. The van der Waals surface area contributed by atoms with Gasteiger partial charge in [-0.2, -0.15) is 13.2 Å². The largest absolute Gasteiger partial charge is 0.391 e. The molecule has 0 spiro atoms. The van der Waals surface area contributed by atoms with E-state index in [4.69, 9.17) is 4.74 Å². The van der Waals surface area contributed by atoms with Crippen molar-refractivity contribution >= 4 is 0 Å². The summed E-state index contributed by atoms with van der Waals surface area (Å²) in [6.45, 7) is 4.91. The highest BCUT2D eigenvalue weighted by atomic mass is 19.4. The van der Waals surface area contributed by atoms with Crippen LogP contribution in [-0.4, -0.2) is 31.5 Å². The molecular formula is C14H26F3NO. The molecule has 0 aliphatic heterocycles. The van der Waals surface area contributed by atoms with Gasteiger partial charge in [0.1, 0.15) is 0 Å². The van der Waals surface area contributed by atoms with Gasteiger partial charge in [0.15, 0.2) is 0 Å². The first-order valence-electron chi connectivity index (χ1n) is 7.38. The van der Waals surface area contributed by atoms with Crippen LogP contribution in [0.4, 0.5) is 13.2 Å². The quantitative estimate of drug-likeness (QED) is 0.764. The second kappa shape index (κ2) is 8.10. The van der Waals surface area contributed by atoms with Gasteiger partial charge in [-0.3, -0.25) is 0 Å². The third-order valence-corrected chi connectivity index (χ3v) is 3.85. The summed E-state index contributed by atoms with van der Waals surface area (Å²) in [6, 6.07) is 0.219. The zero-order chi connectivity index (χ0) is 14.3. The molecule has 1 saturated carbocycles. The van der Waals surface area contributed by atoms with Crippen LogP contribution in [0, 0.1) is 5.92 Å². The Kier molecular flexibility index (Phi) is 7.15. The highest BCUT2D eigenvalue weighted by Crippen LogP contribution is 2.29. The first kappa shape index (κ1) is 16.8. The molecule has 1 rings (SSSR count). The minimum atomic E-state index is -4.12. The Balaban J connectivity index is 2.41. The Morgan fingerprint density at radius 3 is 2.53 bits per heavy atom. The molecule has 1 fully saturated rings. The molecular weight excluding hydrogens is 255 g/mol. The van der Waals surface area contributed by atoms with E-state index in [2.05, 4.69) is 19.2 Å². The smallest absolute Gasteiger partial charge is 0.376 e. The van der Waals surface area contributed by atoms with Gasteiger partial charge in [0.2, 0.25) is 0 Å². The lowest BCUT2D eigenvalue weighted by Gasteiger charge is -2.36. The molecule has 3 unspecified atom stereocenters. The lowest BCUT2D eigenvalue weighted by atomic mass is 9.82. The SMILES string of the molecule is CCCNC1CCC(CC)CC1OCCC(F)(F)F. The summed E-state index contributed by atoms with van der Waals surface area (Å²) in [5.41, 5.74) is 0. The zero-order valence-corrected chi connectivity index (χ0v) is 11.9. The van der Waals surface area contributed by atoms with Crippen molar-refractivity contribution in [2.45, 2.75) is 70.7 Å². The number of hydrogen-bond donors (Lipinski definition) is 1. The van der Waals surface area contributed by atoms with Gasteiger partial charge in [-0.25, -0.2) is 0 Å². The number of alkyl halides is 3. The van der Waals surface area contributed by atoms with E-state index >= 15 is 0 Å². The van der Waals surface area contributed by atoms with Gasteiger partial charge in [-0.15, -0.1) is 0 Å². The maximum Gasteiger partial charge on any atom is 0.391 e. The van der Waals surface area contributed by atoms with Gasteiger partial charge in [0.25, 0.3) is 0 Å². The number of rotatable bonds is 7. The molecule has 1 N–H and O–H groups in total. The van der Waals surface area contributed by atoms with Crippen molar-refractivity contribution in [1.82, 2.24) is 5.32 Å². The molecule has 0 saturated heterocycles. The van der Waals surface area contributed by atoms with Crippen LogP contribution in [0.5, 0.6) is 0 Å². The molecule has 0 amide bonds. The summed E-state index contributed by atoms with van der Waals surface area (Å²) < 4.78 is 42.0. The summed E-state index contributed by atoms with van der Waals surface area (Å²) in [5, 5.41) is 3.41. The fourth-order valence-corrected chi connectivity index (χ4v) is 2.66. The van der Waals surface area contributed by atoms with E-state index in [0.29, 0.717) is 5.92 Å². The van der Waals surface area contributed by atoms with Crippen molar-refractivity contribution in [3.8, 4) is 0 Å². The van der Waals surface area contributed by atoms with E-state index in [-0.39, 0.29) is 18.8 Å². The number of nitrogens with one attached hydrogen (secondary N) is 1. The van der Waals surface area contributed by atoms with Gasteiger partial charge in [0.05, 0.1) is 19.1 Å². The highest BCUT2D eigenvalue weighted by molar-refractivity contribution is 4.85. The molecule has 0 heterocycles. The zero-order valence-electron chi connectivity index (χ0n) is 11.9. The Labute approximate surface area is 114 Å². The van der Waals surface area contributed by atoms with Crippen LogP contribution in [0.25, 0.3) is 0 Å². The summed E-state index contributed by atoms with van der Waals surface area (Å²) >= 11 is 0. The fourth-order valence-electron chi connectivity index (χ4n) is 2.66. The molecule has 0 aromatic rings. The summed E-state index contributed by atoms with van der Waals surface area (Å²) in [7, 11) is 0. The van der Waals surface area contributed by atoms with Crippen molar-refractivity contribution < 1.29 is 17.9 Å². The molecule has 0 aromatic heterocycles. The third kappa shape index (κ3) is 6.61. The van der Waals surface area contributed by atoms with Crippen LogP contribution in [0.2, 0.25) is 0 Å². The topological polar surface area (TPSA) is 21.3 Å². The molecule has 0 aromatic carbocycles. The first-order chi connectivity index (χ1) is 8.96. The van der Waals surface area contributed by atoms with Gasteiger partial charge < -0.3 is 10.1 Å². The molecule has 3 atom stereocenters. The molecule has 0 radical (unpaired) electrons. The molecule has 19 heavy (non-hydrogen) atoms. The molecule has 5 heteroatoms. The van der Waals surface area contributed by atoms with Crippen molar-refractivity contribution in [2.24, 2.45) is 5.92 Å². The Morgan fingerprint density at radius 1 is 1.21 bits per heavy atom. The molecule has 1 aliphatic rings. The van der Waals surface area contributed by atoms with E-state index in [1.165, 1.54) is 0 Å². The fraction of sp³-hybridized carbons (Fsp3) is 1.00. The van der Waals surface area contributed by atoms with Crippen LogP contribution < -0.4 is 5.32 Å². The summed E-state index contributed by atoms with van der Waals surface area (Å²) in [4.78, 5) is 0. The van der Waals surface area contributed by atoms with Crippen LogP contribution in [0.3, 0.4) is 0 Å². The lowest BCUT2D eigenvalue weighted by molar-refractivity contribution is -0.152. The lowest BCUT2D eigenvalue weighted by Crippen LogP contribution is -2.46. The Bertz CT molecular complexity index is 245. The van der Waals surface area contributed by atoms with E-state index in [1.807, 2.05) is 0 Å². The van der Waals surface area contributed by atoms with Crippen molar-refractivity contribution in [1.29, 1.82) is 0 Å². The Morgan fingerprint density at radius 2 is 1.95 bits per heavy atom. The second-order valence-electron chi connectivity index (χ2n) is 5.42. The van der Waals surface area contributed by atoms with E-state index in [1.54, 1.807) is 0 Å². The number of ether oxygens (including phenoxy) is 1. The molecule has 2 nitrogen and oxygen atoms in total. The number of halogens is 3. The predicted octanol–water partition coefficient (Wildman–Crippen LogP) is 3.90. The van der Waals surface area contributed by atoms with Crippen LogP contribution in [-0.2, 0) is 4.74 Å². The van der Waals surface area contributed by atoms with E-state index in [0.717, 1.165) is 38.6 Å². The Hall–Kier alpha value is -0.290. The average molecular weight is 281 g/mol. The number of hydrogen-bond acceptors (Lipinski definition) is 2. The summed E-state index contributed by atoms with van der Waals surface area (Å²) in [6.07, 6.45) is 0.129. The van der Waals surface area contributed by atoms with E-state index in [9.17, 15) is 13.2 Å². The van der Waals surface area contributed by atoms with Gasteiger partial charge in [0, 0.05) is 6.04 Å². The maximum absolute atomic E-state index is 12.2. The first-order valence-corrected chi connectivity index (χ1v) is 7.38. The van der Waals surface area contributed by atoms with Gasteiger partial charge >= 0.3 is 6.18 Å². The average Bonchev–Trinajstić information content (AvgIpc) is 2.35.